The second-order valence-corrected chi connectivity index (χ2v) is 11.1. The molecule has 2 aliphatic rings. The van der Waals surface area contributed by atoms with Gasteiger partial charge in [-0.3, -0.25) is 14.3 Å². The predicted octanol–water partition coefficient (Wildman–Crippen LogP) is 3.09. The van der Waals surface area contributed by atoms with Crippen LogP contribution in [-0.2, 0) is 11.8 Å². The van der Waals surface area contributed by atoms with Crippen LogP contribution in [0, 0.1) is 5.82 Å². The van der Waals surface area contributed by atoms with Crippen LogP contribution in [0.1, 0.15) is 37.0 Å². The Hall–Kier alpha value is -4.32. The molecular weight excluding hydrogens is 527 g/mol. The number of carbonyl (C=O) groups excluding carboxylic acids is 2. The quantitative estimate of drug-likeness (QED) is 0.370. The second-order valence-electron chi connectivity index (χ2n) is 11.1. The molecule has 214 valence electrons. The summed E-state index contributed by atoms with van der Waals surface area (Å²) in [4.78, 5) is 38.6. The maximum Gasteiger partial charge on any atom is 0.317 e. The lowest BCUT2D eigenvalue weighted by molar-refractivity contribution is -0.127. The molecular formula is C29H33FN8O3. The highest BCUT2D eigenvalue weighted by Gasteiger charge is 2.29. The molecule has 0 spiro atoms. The smallest absolute Gasteiger partial charge is 0.317 e. The largest absolute Gasteiger partial charge is 0.461 e. The number of halogens is 1. The molecule has 2 amide bonds. The van der Waals surface area contributed by atoms with Crippen LogP contribution in [0.15, 0.2) is 36.7 Å². The van der Waals surface area contributed by atoms with Gasteiger partial charge in [0, 0.05) is 80.2 Å². The van der Waals surface area contributed by atoms with Crippen molar-refractivity contribution in [1.82, 2.24) is 30.0 Å². The number of aromatic nitrogens is 4. The van der Waals surface area contributed by atoms with E-state index in [1.807, 2.05) is 6.07 Å². The van der Waals surface area contributed by atoms with Gasteiger partial charge in [-0.25, -0.2) is 9.37 Å². The minimum Gasteiger partial charge on any atom is -0.461 e. The van der Waals surface area contributed by atoms with E-state index in [2.05, 4.69) is 44.4 Å². The summed E-state index contributed by atoms with van der Waals surface area (Å²) in [5.74, 6) is -0.868. The van der Waals surface area contributed by atoms with E-state index >= 15 is 0 Å². The van der Waals surface area contributed by atoms with E-state index in [4.69, 9.17) is 4.74 Å². The van der Waals surface area contributed by atoms with Crippen LogP contribution < -0.4 is 20.3 Å². The van der Waals surface area contributed by atoms with Gasteiger partial charge in [0.2, 0.25) is 5.91 Å². The number of carbonyl (C=O) groups is 2. The molecule has 0 saturated carbocycles. The number of hydrogen-bond acceptors (Lipinski definition) is 8. The highest BCUT2D eigenvalue weighted by atomic mass is 19.1. The van der Waals surface area contributed by atoms with Crippen LogP contribution in [0.5, 0.6) is 6.01 Å². The summed E-state index contributed by atoms with van der Waals surface area (Å²) in [6.07, 6.45) is 4.58. The minimum atomic E-state index is -0.520. The molecule has 4 heterocycles. The molecule has 6 rings (SSSR count). The zero-order chi connectivity index (χ0) is 28.8. The van der Waals surface area contributed by atoms with Gasteiger partial charge in [0.15, 0.2) is 5.82 Å². The Morgan fingerprint density at radius 1 is 1.17 bits per heavy atom. The first-order valence-corrected chi connectivity index (χ1v) is 13.8. The number of likely N-dealkylation sites (N-methyl/N-ethyl adjacent to an activating group) is 1. The fourth-order valence-corrected chi connectivity index (χ4v) is 5.85. The highest BCUT2D eigenvalue weighted by Crippen LogP contribution is 2.32. The van der Waals surface area contributed by atoms with Crippen molar-refractivity contribution >= 4 is 45.0 Å². The fraction of sp³-hybridized carbons (Fsp3) is 0.414. The Morgan fingerprint density at radius 2 is 1.95 bits per heavy atom. The number of ether oxygens (including phenoxy) is 1. The Kier molecular flexibility index (Phi) is 6.94. The summed E-state index contributed by atoms with van der Waals surface area (Å²) in [5, 5.41) is 11.8. The molecule has 0 radical (unpaired) electrons. The molecule has 2 N–H and O–H groups in total. The number of fused-ring (bicyclic) bond motifs is 2. The summed E-state index contributed by atoms with van der Waals surface area (Å²) < 4.78 is 22.2. The van der Waals surface area contributed by atoms with E-state index in [-0.39, 0.29) is 42.2 Å². The number of nitrogens with one attached hydrogen (secondary N) is 2. The summed E-state index contributed by atoms with van der Waals surface area (Å²) >= 11 is 0. The van der Waals surface area contributed by atoms with Gasteiger partial charge in [-0.2, -0.15) is 10.1 Å². The van der Waals surface area contributed by atoms with Gasteiger partial charge in [-0.05, 0) is 44.5 Å². The number of nitrogens with zero attached hydrogens (tertiary/aromatic N) is 6. The lowest BCUT2D eigenvalue weighted by Crippen LogP contribution is -2.54. The molecule has 0 bridgehead atoms. The normalized spacial score (nSPS) is 21.2. The molecule has 2 aromatic heterocycles. The summed E-state index contributed by atoms with van der Waals surface area (Å²) in [5.41, 5.74) is 2.22. The van der Waals surface area contributed by atoms with Crippen molar-refractivity contribution in [3.63, 3.8) is 0 Å². The molecule has 2 fully saturated rings. The van der Waals surface area contributed by atoms with Crippen molar-refractivity contribution < 1.29 is 18.7 Å². The van der Waals surface area contributed by atoms with E-state index in [0.29, 0.717) is 40.4 Å². The Bertz CT molecular complexity index is 1650. The third-order valence-corrected chi connectivity index (χ3v) is 7.82. The maximum atomic E-state index is 14.7. The van der Waals surface area contributed by atoms with Crippen LogP contribution in [0.3, 0.4) is 0 Å². The molecule has 12 heteroatoms. The molecule has 0 aliphatic carbocycles. The number of amides is 2. The van der Waals surface area contributed by atoms with Gasteiger partial charge in [0.1, 0.15) is 12.1 Å². The van der Waals surface area contributed by atoms with Gasteiger partial charge in [0.25, 0.3) is 5.91 Å². The third-order valence-electron chi connectivity index (χ3n) is 7.82. The molecule has 41 heavy (non-hydrogen) atoms. The SMILES string of the molecule is C[C@H]1CN(c2ccc(C(=O)Nc3cc(F)c4nn(C)cc4c3)c3nc(OC[C@@H]4CCC(=O)N4C)ncc23)C[C@H](C)N1. The summed E-state index contributed by atoms with van der Waals surface area (Å²) in [7, 11) is 3.48. The van der Waals surface area contributed by atoms with E-state index in [1.54, 1.807) is 43.5 Å². The third kappa shape index (κ3) is 5.26. The summed E-state index contributed by atoms with van der Waals surface area (Å²) in [6, 6.07) is 7.23. The van der Waals surface area contributed by atoms with Gasteiger partial charge in [-0.1, -0.05) is 0 Å². The first-order chi connectivity index (χ1) is 19.7. The molecule has 4 aromatic rings. The fourth-order valence-electron chi connectivity index (χ4n) is 5.85. The molecule has 2 aromatic carbocycles. The van der Waals surface area contributed by atoms with Crippen LogP contribution in [0.25, 0.3) is 21.8 Å². The maximum absolute atomic E-state index is 14.7. The Morgan fingerprint density at radius 3 is 2.68 bits per heavy atom. The van der Waals surface area contributed by atoms with Crippen molar-refractivity contribution in [2.45, 2.75) is 44.8 Å². The number of hydrogen-bond donors (Lipinski definition) is 2. The van der Waals surface area contributed by atoms with E-state index < -0.39 is 11.7 Å². The lowest BCUT2D eigenvalue weighted by Gasteiger charge is -2.38. The van der Waals surface area contributed by atoms with Crippen molar-refractivity contribution in [2.24, 2.45) is 7.05 Å². The lowest BCUT2D eigenvalue weighted by atomic mass is 10.0. The first-order valence-electron chi connectivity index (χ1n) is 13.8. The number of piperazine rings is 1. The monoisotopic (exact) mass is 560 g/mol. The molecule has 2 saturated heterocycles. The Balaban J connectivity index is 1.35. The Labute approximate surface area is 236 Å². The van der Waals surface area contributed by atoms with Gasteiger partial charge >= 0.3 is 6.01 Å². The molecule has 0 unspecified atom stereocenters. The first kappa shape index (κ1) is 26.9. The average Bonchev–Trinajstić information content (AvgIpc) is 3.46. The second kappa shape index (κ2) is 10.6. The number of likely N-dealkylation sites (tertiary alicyclic amines) is 1. The van der Waals surface area contributed by atoms with Crippen LogP contribution in [0.2, 0.25) is 0 Å². The van der Waals surface area contributed by atoms with Gasteiger partial charge < -0.3 is 25.2 Å². The number of benzene rings is 2. The number of anilines is 2. The molecule has 2 aliphatic heterocycles. The van der Waals surface area contributed by atoms with Crippen molar-refractivity contribution in [1.29, 1.82) is 0 Å². The van der Waals surface area contributed by atoms with E-state index in [0.717, 1.165) is 18.8 Å². The standard InChI is InChI=1S/C29H33FN8O3/c1-16-12-38(13-17(2)32-16)24-7-6-21(28(40)33-19-9-18-14-36(3)35-26(18)23(30)10-19)27-22(24)11-31-29(34-27)41-15-20-5-8-25(39)37(20)4/h6-7,9-11,14,16-17,20,32H,5,8,12-13,15H2,1-4H3,(H,33,40)/t16-,17-,20-/m0/s1. The molecule has 11 nitrogen and oxygen atoms in total. The van der Waals surface area contributed by atoms with Crippen molar-refractivity contribution in [3.05, 3.63) is 48.0 Å². The zero-order valence-electron chi connectivity index (χ0n) is 23.5. The van der Waals surface area contributed by atoms with E-state index in [9.17, 15) is 14.0 Å². The predicted molar refractivity (Wildman–Crippen MR) is 154 cm³/mol. The summed E-state index contributed by atoms with van der Waals surface area (Å²) in [6.45, 7) is 6.10. The highest BCUT2D eigenvalue weighted by molar-refractivity contribution is 6.14. The van der Waals surface area contributed by atoms with Crippen molar-refractivity contribution in [3.8, 4) is 6.01 Å². The average molecular weight is 561 g/mol. The zero-order valence-corrected chi connectivity index (χ0v) is 23.5. The number of rotatable bonds is 6. The van der Waals surface area contributed by atoms with Gasteiger partial charge in [-0.15, -0.1) is 0 Å². The van der Waals surface area contributed by atoms with Crippen LogP contribution in [-0.4, -0.2) is 81.3 Å². The van der Waals surface area contributed by atoms with Crippen molar-refractivity contribution in [2.75, 3.05) is 37.0 Å². The van der Waals surface area contributed by atoms with Crippen LogP contribution in [0.4, 0.5) is 15.8 Å². The number of aryl methyl sites for hydroxylation is 1. The topological polar surface area (TPSA) is 118 Å². The van der Waals surface area contributed by atoms with Crippen LogP contribution >= 0.6 is 0 Å². The minimum absolute atomic E-state index is 0.0583. The van der Waals surface area contributed by atoms with E-state index in [1.165, 1.54) is 10.7 Å². The van der Waals surface area contributed by atoms with Gasteiger partial charge in [0.05, 0.1) is 17.1 Å². The molecule has 3 atom stereocenters.